The Morgan fingerprint density at radius 3 is 2.70 bits per heavy atom. The Morgan fingerprint density at radius 1 is 1.04 bits per heavy atom. The van der Waals surface area contributed by atoms with E-state index in [-0.39, 0.29) is 5.56 Å². The first kappa shape index (κ1) is 14.5. The minimum atomic E-state index is 0.121. The molecule has 1 saturated heterocycles. The average molecular weight is 325 g/mol. The molecule has 2 aliphatic heterocycles. The van der Waals surface area contributed by atoms with Crippen molar-refractivity contribution in [3.8, 4) is 0 Å². The predicted octanol–water partition coefficient (Wildman–Crippen LogP) is 2.66. The van der Waals surface area contributed by atoms with E-state index in [1.54, 1.807) is 6.07 Å². The van der Waals surface area contributed by atoms with Gasteiger partial charge in [-0.25, -0.2) is 0 Å². The van der Waals surface area contributed by atoms with Crippen LogP contribution < -0.4 is 10.9 Å². The quantitative estimate of drug-likeness (QED) is 0.818. The zero-order valence-electron chi connectivity index (χ0n) is 12.8. The molecular formula is C18H19N3OS. The number of thiocarbonyl (C=S) groups is 1. The summed E-state index contributed by atoms with van der Waals surface area (Å²) in [6, 6.07) is 15.6. The van der Waals surface area contributed by atoms with Gasteiger partial charge in [0.05, 0.1) is 0 Å². The average Bonchev–Trinajstić information content (AvgIpc) is 2.57. The highest BCUT2D eigenvalue weighted by Crippen LogP contribution is 2.35. The second kappa shape index (κ2) is 5.81. The van der Waals surface area contributed by atoms with E-state index >= 15 is 0 Å². The number of pyridine rings is 1. The van der Waals surface area contributed by atoms with Gasteiger partial charge in [-0.1, -0.05) is 24.3 Å². The van der Waals surface area contributed by atoms with E-state index in [1.807, 2.05) is 41.0 Å². The van der Waals surface area contributed by atoms with Crippen LogP contribution in [0.25, 0.3) is 0 Å². The number of benzene rings is 1. The largest absolute Gasteiger partial charge is 0.348 e. The Bertz CT molecular complexity index is 786. The van der Waals surface area contributed by atoms with Gasteiger partial charge in [0.1, 0.15) is 0 Å². The van der Waals surface area contributed by atoms with E-state index in [0.29, 0.717) is 11.8 Å². The van der Waals surface area contributed by atoms with Crippen LogP contribution in [0.3, 0.4) is 0 Å². The molecule has 2 atom stereocenters. The molecule has 0 radical (unpaired) electrons. The van der Waals surface area contributed by atoms with Crippen LogP contribution in [0.2, 0.25) is 0 Å². The number of para-hydroxylation sites is 1. The molecule has 4 rings (SSSR count). The summed E-state index contributed by atoms with van der Waals surface area (Å²) in [4.78, 5) is 14.3. The van der Waals surface area contributed by atoms with Crippen LogP contribution in [-0.4, -0.2) is 27.7 Å². The summed E-state index contributed by atoms with van der Waals surface area (Å²) in [5, 5.41) is 4.10. The Hall–Kier alpha value is -2.14. The van der Waals surface area contributed by atoms with Crippen molar-refractivity contribution in [1.82, 2.24) is 9.47 Å². The van der Waals surface area contributed by atoms with Gasteiger partial charge < -0.3 is 14.8 Å². The summed E-state index contributed by atoms with van der Waals surface area (Å²) in [6.07, 6.45) is 1.15. The number of hydrogen-bond acceptors (Lipinski definition) is 2. The second-order valence-electron chi connectivity index (χ2n) is 6.40. The molecule has 1 aromatic heterocycles. The van der Waals surface area contributed by atoms with Gasteiger partial charge in [-0.2, -0.15) is 0 Å². The number of aromatic nitrogens is 1. The monoisotopic (exact) mass is 325 g/mol. The molecule has 1 fully saturated rings. The number of fused-ring (bicyclic) bond motifs is 4. The third-order valence-electron chi connectivity index (χ3n) is 4.79. The van der Waals surface area contributed by atoms with Gasteiger partial charge in [-0.3, -0.25) is 4.79 Å². The van der Waals surface area contributed by atoms with Crippen molar-refractivity contribution in [2.75, 3.05) is 18.4 Å². The number of hydrogen-bond donors (Lipinski definition) is 1. The molecule has 0 saturated carbocycles. The summed E-state index contributed by atoms with van der Waals surface area (Å²) >= 11 is 5.60. The fraction of sp³-hybridized carbons (Fsp3) is 0.333. The first-order valence-electron chi connectivity index (χ1n) is 8.01. The Labute approximate surface area is 140 Å². The fourth-order valence-corrected chi connectivity index (χ4v) is 4.05. The van der Waals surface area contributed by atoms with E-state index in [4.69, 9.17) is 12.2 Å². The normalized spacial score (nSPS) is 22.3. The molecule has 1 N–H and O–H groups in total. The third-order valence-corrected chi connectivity index (χ3v) is 5.15. The highest BCUT2D eigenvalue weighted by molar-refractivity contribution is 7.80. The number of piperidine rings is 1. The molecule has 3 heterocycles. The molecule has 0 amide bonds. The number of rotatable bonds is 1. The van der Waals surface area contributed by atoms with Crippen molar-refractivity contribution in [3.05, 3.63) is 64.6 Å². The van der Waals surface area contributed by atoms with E-state index in [0.717, 1.165) is 42.5 Å². The Balaban J connectivity index is 1.54. The molecule has 2 aromatic rings. The number of likely N-dealkylation sites (tertiary alicyclic amines) is 1. The first-order valence-corrected chi connectivity index (χ1v) is 8.42. The van der Waals surface area contributed by atoms with Crippen LogP contribution in [0.4, 0.5) is 5.69 Å². The van der Waals surface area contributed by atoms with Gasteiger partial charge in [-0.15, -0.1) is 0 Å². The van der Waals surface area contributed by atoms with Crippen LogP contribution in [0.1, 0.15) is 18.0 Å². The topological polar surface area (TPSA) is 37.3 Å². The Kier molecular flexibility index (Phi) is 3.65. The maximum atomic E-state index is 12.1. The van der Waals surface area contributed by atoms with Crippen molar-refractivity contribution in [2.45, 2.75) is 18.9 Å². The van der Waals surface area contributed by atoms with Crippen LogP contribution >= 0.6 is 12.2 Å². The molecular weight excluding hydrogens is 306 g/mol. The summed E-state index contributed by atoms with van der Waals surface area (Å²) in [5.41, 5.74) is 2.29. The van der Waals surface area contributed by atoms with Gasteiger partial charge in [0.15, 0.2) is 5.11 Å². The lowest BCUT2D eigenvalue weighted by atomic mass is 9.83. The summed E-state index contributed by atoms with van der Waals surface area (Å²) < 4.78 is 1.95. The first-order chi connectivity index (χ1) is 11.2. The predicted molar refractivity (Wildman–Crippen MR) is 95.8 cm³/mol. The second-order valence-corrected chi connectivity index (χ2v) is 6.79. The Morgan fingerprint density at radius 2 is 1.87 bits per heavy atom. The minimum Gasteiger partial charge on any atom is -0.348 e. The summed E-state index contributed by atoms with van der Waals surface area (Å²) in [6.45, 7) is 2.59. The lowest BCUT2D eigenvalue weighted by Crippen LogP contribution is -2.50. The molecule has 4 nitrogen and oxygen atoms in total. The van der Waals surface area contributed by atoms with Gasteiger partial charge in [0.25, 0.3) is 5.56 Å². The zero-order chi connectivity index (χ0) is 15.8. The highest BCUT2D eigenvalue weighted by atomic mass is 32.1. The van der Waals surface area contributed by atoms with Crippen molar-refractivity contribution < 1.29 is 0 Å². The summed E-state index contributed by atoms with van der Waals surface area (Å²) in [7, 11) is 0. The molecule has 118 valence electrons. The number of anilines is 1. The van der Waals surface area contributed by atoms with Crippen LogP contribution in [0.5, 0.6) is 0 Å². The van der Waals surface area contributed by atoms with Crippen molar-refractivity contribution >= 4 is 23.0 Å². The van der Waals surface area contributed by atoms with Gasteiger partial charge in [-0.05, 0) is 42.8 Å². The maximum absolute atomic E-state index is 12.1. The van der Waals surface area contributed by atoms with Crippen molar-refractivity contribution in [3.63, 3.8) is 0 Å². The van der Waals surface area contributed by atoms with Crippen LogP contribution in [0, 0.1) is 5.92 Å². The minimum absolute atomic E-state index is 0.121. The molecule has 1 aromatic carbocycles. The standard InChI is InChI=1S/C18H19N3OS/c22-17-8-4-7-16-14-9-13(11-21(16)17)10-20(12-14)18(23)19-15-5-2-1-3-6-15/h1-8,13-14H,9-12H2,(H,19,23)/t13-,14-/m0/s1. The van der Waals surface area contributed by atoms with Gasteiger partial charge in [0, 0.05) is 43.0 Å². The fourth-order valence-electron chi connectivity index (χ4n) is 3.79. The van der Waals surface area contributed by atoms with Crippen LogP contribution in [-0.2, 0) is 6.54 Å². The lowest BCUT2D eigenvalue weighted by Gasteiger charge is -2.43. The smallest absolute Gasteiger partial charge is 0.250 e. The third kappa shape index (κ3) is 2.77. The van der Waals surface area contributed by atoms with Crippen molar-refractivity contribution in [1.29, 1.82) is 0 Å². The van der Waals surface area contributed by atoms with E-state index in [9.17, 15) is 4.79 Å². The molecule has 0 aliphatic carbocycles. The summed E-state index contributed by atoms with van der Waals surface area (Å²) in [5.74, 6) is 0.865. The van der Waals surface area contributed by atoms with E-state index in [2.05, 4.69) is 16.3 Å². The molecule has 0 unspecified atom stereocenters. The van der Waals surface area contributed by atoms with E-state index in [1.165, 1.54) is 0 Å². The van der Waals surface area contributed by atoms with Crippen molar-refractivity contribution in [2.24, 2.45) is 5.92 Å². The number of nitrogens with zero attached hydrogens (tertiary/aromatic N) is 2. The lowest BCUT2D eigenvalue weighted by molar-refractivity contribution is 0.180. The highest BCUT2D eigenvalue weighted by Gasteiger charge is 2.35. The molecule has 2 bridgehead atoms. The maximum Gasteiger partial charge on any atom is 0.250 e. The van der Waals surface area contributed by atoms with E-state index < -0.39 is 0 Å². The van der Waals surface area contributed by atoms with Gasteiger partial charge >= 0.3 is 0 Å². The number of nitrogens with one attached hydrogen (secondary N) is 1. The van der Waals surface area contributed by atoms with Gasteiger partial charge in [0.2, 0.25) is 0 Å². The molecule has 23 heavy (non-hydrogen) atoms. The molecule has 2 aliphatic rings. The molecule has 0 spiro atoms. The molecule has 5 heteroatoms. The zero-order valence-corrected chi connectivity index (χ0v) is 13.6. The SMILES string of the molecule is O=c1cccc2n1C[C@H]1C[C@H]2CN(C(=S)Nc2ccccc2)C1. The van der Waals surface area contributed by atoms with Crippen LogP contribution in [0.15, 0.2) is 53.3 Å².